The molecule has 29 heavy (non-hydrogen) atoms. The van der Waals surface area contributed by atoms with Crippen molar-refractivity contribution in [3.05, 3.63) is 59.7 Å². The zero-order chi connectivity index (χ0) is 20.5. The lowest BCUT2D eigenvalue weighted by Gasteiger charge is -2.24. The predicted octanol–water partition coefficient (Wildman–Crippen LogP) is 4.48. The van der Waals surface area contributed by atoms with Crippen molar-refractivity contribution in [2.24, 2.45) is 0 Å². The van der Waals surface area contributed by atoms with Gasteiger partial charge in [-0.1, -0.05) is 19.8 Å². The number of hydrogen-bond donors (Lipinski definition) is 0. The molecule has 1 fully saturated rings. The van der Waals surface area contributed by atoms with Crippen molar-refractivity contribution in [2.45, 2.75) is 32.6 Å². The summed E-state index contributed by atoms with van der Waals surface area (Å²) in [5, 5.41) is 8.95. The summed E-state index contributed by atoms with van der Waals surface area (Å²) in [4.78, 5) is 17.1. The van der Waals surface area contributed by atoms with E-state index in [1.54, 1.807) is 0 Å². The van der Waals surface area contributed by atoms with Crippen LogP contribution < -0.4 is 9.64 Å². The Labute approximate surface area is 173 Å². The summed E-state index contributed by atoms with van der Waals surface area (Å²) >= 11 is 0. The third kappa shape index (κ3) is 5.74. The van der Waals surface area contributed by atoms with Crippen molar-refractivity contribution >= 4 is 11.6 Å². The Balaban J connectivity index is 1.55. The molecule has 5 heteroatoms. The number of anilines is 1. The van der Waals surface area contributed by atoms with Crippen molar-refractivity contribution in [2.75, 3.05) is 37.7 Å². The molecule has 2 aromatic rings. The van der Waals surface area contributed by atoms with E-state index in [1.807, 2.05) is 53.4 Å². The van der Waals surface area contributed by atoms with Crippen LogP contribution in [-0.2, 0) is 0 Å². The number of benzene rings is 2. The van der Waals surface area contributed by atoms with Gasteiger partial charge >= 0.3 is 0 Å². The van der Waals surface area contributed by atoms with Crippen molar-refractivity contribution < 1.29 is 9.53 Å². The number of nitrogens with zero attached hydrogens (tertiary/aromatic N) is 3. The number of hydrogen-bond acceptors (Lipinski definition) is 4. The first-order chi connectivity index (χ1) is 14.2. The molecule has 0 aromatic heterocycles. The van der Waals surface area contributed by atoms with Crippen LogP contribution in [0.15, 0.2) is 48.5 Å². The monoisotopic (exact) mass is 391 g/mol. The van der Waals surface area contributed by atoms with Crippen LogP contribution in [0.5, 0.6) is 5.75 Å². The molecular weight excluding hydrogens is 362 g/mol. The lowest BCUT2D eigenvalue weighted by atomic mass is 10.2. The number of rotatable bonds is 7. The Bertz CT molecular complexity index is 825. The standard InChI is InChI=1S/C24H29N3O2/c1-2-3-4-18-29-23-12-8-21(9-13-23)24(28)27-15-5-14-26(16-17-27)22-10-6-20(19-25)7-11-22/h6-13H,2-5,14-18H2,1H3. The highest BCUT2D eigenvalue weighted by molar-refractivity contribution is 5.94. The van der Waals surface area contributed by atoms with Gasteiger partial charge in [0.25, 0.3) is 5.91 Å². The van der Waals surface area contributed by atoms with E-state index in [0.29, 0.717) is 17.7 Å². The van der Waals surface area contributed by atoms with Gasteiger partial charge in [-0.05, 0) is 61.4 Å². The number of nitriles is 1. The molecule has 0 spiro atoms. The predicted molar refractivity (Wildman–Crippen MR) is 115 cm³/mol. The molecule has 5 nitrogen and oxygen atoms in total. The van der Waals surface area contributed by atoms with Crippen LogP contribution in [0.1, 0.15) is 48.5 Å². The third-order valence-corrected chi connectivity index (χ3v) is 5.26. The minimum Gasteiger partial charge on any atom is -0.494 e. The number of ether oxygens (including phenoxy) is 1. The molecule has 152 valence electrons. The Kier molecular flexibility index (Phi) is 7.52. The van der Waals surface area contributed by atoms with Gasteiger partial charge in [-0.2, -0.15) is 5.26 Å². The summed E-state index contributed by atoms with van der Waals surface area (Å²) in [5.74, 6) is 0.893. The highest BCUT2D eigenvalue weighted by atomic mass is 16.5. The fourth-order valence-electron chi connectivity index (χ4n) is 3.54. The average Bonchev–Trinajstić information content (AvgIpc) is 3.03. The van der Waals surface area contributed by atoms with Crippen LogP contribution in [0.25, 0.3) is 0 Å². The Morgan fingerprint density at radius 1 is 1.00 bits per heavy atom. The second kappa shape index (κ2) is 10.5. The summed E-state index contributed by atoms with van der Waals surface area (Å²) < 4.78 is 5.74. The molecule has 1 amide bonds. The van der Waals surface area contributed by atoms with Crippen LogP contribution in [0.3, 0.4) is 0 Å². The third-order valence-electron chi connectivity index (χ3n) is 5.26. The molecule has 2 aromatic carbocycles. The number of unbranched alkanes of at least 4 members (excludes halogenated alkanes) is 2. The van der Waals surface area contributed by atoms with E-state index in [2.05, 4.69) is 17.9 Å². The van der Waals surface area contributed by atoms with Gasteiger partial charge in [-0.3, -0.25) is 4.79 Å². The van der Waals surface area contributed by atoms with Crippen molar-refractivity contribution in [1.82, 2.24) is 4.90 Å². The number of carbonyl (C=O) groups is 1. The van der Waals surface area contributed by atoms with Gasteiger partial charge in [0.1, 0.15) is 5.75 Å². The summed E-state index contributed by atoms with van der Waals surface area (Å²) in [7, 11) is 0. The van der Waals surface area contributed by atoms with Crippen LogP contribution >= 0.6 is 0 Å². The van der Waals surface area contributed by atoms with Crippen molar-refractivity contribution in [3.63, 3.8) is 0 Å². The molecule has 1 saturated heterocycles. The quantitative estimate of drug-likeness (QED) is 0.653. The molecule has 1 aliphatic rings. The fraction of sp³-hybridized carbons (Fsp3) is 0.417. The summed E-state index contributed by atoms with van der Waals surface area (Å²) in [6.45, 7) is 6.02. The van der Waals surface area contributed by atoms with Crippen LogP contribution in [0, 0.1) is 11.3 Å². The molecule has 0 N–H and O–H groups in total. The largest absolute Gasteiger partial charge is 0.494 e. The maximum absolute atomic E-state index is 12.9. The molecule has 0 atom stereocenters. The van der Waals surface area contributed by atoms with E-state index < -0.39 is 0 Å². The summed E-state index contributed by atoms with van der Waals surface area (Å²) in [5.41, 5.74) is 2.47. The molecule has 0 unspecified atom stereocenters. The van der Waals surface area contributed by atoms with Gasteiger partial charge in [-0.15, -0.1) is 0 Å². The topological polar surface area (TPSA) is 56.6 Å². The lowest BCUT2D eigenvalue weighted by Crippen LogP contribution is -2.35. The normalized spacial score (nSPS) is 14.2. The Morgan fingerprint density at radius 3 is 2.45 bits per heavy atom. The molecule has 0 saturated carbocycles. The summed E-state index contributed by atoms with van der Waals surface area (Å²) in [6, 6.07) is 17.3. The van der Waals surface area contributed by atoms with Crippen LogP contribution in [0.4, 0.5) is 5.69 Å². The smallest absolute Gasteiger partial charge is 0.253 e. The van der Waals surface area contributed by atoms with E-state index in [4.69, 9.17) is 10.00 Å². The van der Waals surface area contributed by atoms with Gasteiger partial charge in [0.2, 0.25) is 0 Å². The first-order valence-corrected chi connectivity index (χ1v) is 10.5. The number of carbonyl (C=O) groups excluding carboxylic acids is 1. The van der Waals surface area contributed by atoms with Crippen molar-refractivity contribution in [1.29, 1.82) is 5.26 Å². The van der Waals surface area contributed by atoms with Gasteiger partial charge in [0.05, 0.1) is 18.2 Å². The second-order valence-corrected chi connectivity index (χ2v) is 7.37. The van der Waals surface area contributed by atoms with Gasteiger partial charge < -0.3 is 14.5 Å². The molecule has 0 bridgehead atoms. The zero-order valence-corrected chi connectivity index (χ0v) is 17.1. The van der Waals surface area contributed by atoms with E-state index in [-0.39, 0.29) is 5.91 Å². The fourth-order valence-corrected chi connectivity index (χ4v) is 3.54. The maximum Gasteiger partial charge on any atom is 0.253 e. The SMILES string of the molecule is CCCCCOc1ccc(C(=O)N2CCCN(c3ccc(C#N)cc3)CC2)cc1. The first-order valence-electron chi connectivity index (χ1n) is 10.5. The number of amides is 1. The van der Waals surface area contributed by atoms with Crippen LogP contribution in [-0.4, -0.2) is 43.6 Å². The highest BCUT2D eigenvalue weighted by Gasteiger charge is 2.20. The van der Waals surface area contributed by atoms with Gasteiger partial charge in [-0.25, -0.2) is 0 Å². The molecule has 1 heterocycles. The summed E-state index contributed by atoms with van der Waals surface area (Å²) in [6.07, 6.45) is 4.32. The van der Waals surface area contributed by atoms with E-state index in [0.717, 1.165) is 50.5 Å². The molecule has 0 aliphatic carbocycles. The van der Waals surface area contributed by atoms with Crippen molar-refractivity contribution in [3.8, 4) is 11.8 Å². The Morgan fingerprint density at radius 2 is 1.76 bits per heavy atom. The van der Waals surface area contributed by atoms with E-state index in [9.17, 15) is 4.79 Å². The van der Waals surface area contributed by atoms with E-state index in [1.165, 1.54) is 12.8 Å². The van der Waals surface area contributed by atoms with Crippen LogP contribution in [0.2, 0.25) is 0 Å². The maximum atomic E-state index is 12.9. The zero-order valence-electron chi connectivity index (χ0n) is 17.1. The second-order valence-electron chi connectivity index (χ2n) is 7.37. The minimum atomic E-state index is 0.0733. The molecule has 0 radical (unpaired) electrons. The van der Waals surface area contributed by atoms with Gasteiger partial charge in [0, 0.05) is 37.4 Å². The molecule has 3 rings (SSSR count). The average molecular weight is 392 g/mol. The Hall–Kier alpha value is -3.00. The molecular formula is C24H29N3O2. The lowest BCUT2D eigenvalue weighted by molar-refractivity contribution is 0.0767. The van der Waals surface area contributed by atoms with Gasteiger partial charge in [0.15, 0.2) is 0 Å². The minimum absolute atomic E-state index is 0.0733. The highest BCUT2D eigenvalue weighted by Crippen LogP contribution is 2.19. The molecule has 1 aliphatic heterocycles. The van der Waals surface area contributed by atoms with E-state index >= 15 is 0 Å². The first kappa shape index (κ1) is 20.7.